The molecule has 0 saturated heterocycles. The molecule has 7 nitrogen and oxygen atoms in total. The smallest absolute Gasteiger partial charge is 0.295 e. The molecule has 20 heavy (non-hydrogen) atoms. The maximum atomic E-state index is 11.8. The van der Waals surface area contributed by atoms with E-state index in [0.29, 0.717) is 0 Å². The molecule has 0 radical (unpaired) electrons. The summed E-state index contributed by atoms with van der Waals surface area (Å²) in [5.74, 6) is -2.11. The van der Waals surface area contributed by atoms with Crippen LogP contribution in [0.5, 0.6) is 0 Å². The van der Waals surface area contributed by atoms with Gasteiger partial charge in [0.05, 0.1) is 0 Å². The maximum Gasteiger partial charge on any atom is 0.295 e. The van der Waals surface area contributed by atoms with Crippen molar-refractivity contribution < 1.29 is 22.6 Å². The molecule has 0 saturated carbocycles. The highest BCUT2D eigenvalue weighted by Gasteiger charge is 2.29. The molecule has 1 aliphatic rings. The SMILES string of the molecule is O=C1c2cccc3c(S(=O)(=O)O)ccc(c23)C(=O)N1[O-]. The summed E-state index contributed by atoms with van der Waals surface area (Å²) in [4.78, 5) is 23.1. The summed E-state index contributed by atoms with van der Waals surface area (Å²) in [6.07, 6.45) is 0. The van der Waals surface area contributed by atoms with Crippen molar-refractivity contribution in [1.29, 1.82) is 0 Å². The third-order valence-electron chi connectivity index (χ3n) is 3.11. The van der Waals surface area contributed by atoms with E-state index in [9.17, 15) is 27.8 Å². The second-order valence-electron chi connectivity index (χ2n) is 4.22. The average molecular weight is 292 g/mol. The molecule has 0 aromatic heterocycles. The monoisotopic (exact) mass is 292 g/mol. The molecule has 0 fully saturated rings. The van der Waals surface area contributed by atoms with Crippen LogP contribution in [0.3, 0.4) is 0 Å². The van der Waals surface area contributed by atoms with Gasteiger partial charge in [-0.2, -0.15) is 8.42 Å². The van der Waals surface area contributed by atoms with E-state index in [1.165, 1.54) is 18.2 Å². The van der Waals surface area contributed by atoms with E-state index in [0.717, 1.165) is 12.1 Å². The molecule has 0 atom stereocenters. The van der Waals surface area contributed by atoms with E-state index in [2.05, 4.69) is 0 Å². The van der Waals surface area contributed by atoms with Crippen LogP contribution in [-0.2, 0) is 10.1 Å². The van der Waals surface area contributed by atoms with Crippen LogP contribution in [0.2, 0.25) is 0 Å². The summed E-state index contributed by atoms with van der Waals surface area (Å²) in [6.45, 7) is 0. The van der Waals surface area contributed by atoms with Crippen LogP contribution < -0.4 is 0 Å². The van der Waals surface area contributed by atoms with Crippen LogP contribution in [0.15, 0.2) is 35.2 Å². The van der Waals surface area contributed by atoms with Gasteiger partial charge in [-0.25, -0.2) is 0 Å². The van der Waals surface area contributed by atoms with E-state index >= 15 is 0 Å². The van der Waals surface area contributed by atoms with Gasteiger partial charge >= 0.3 is 0 Å². The minimum atomic E-state index is -4.51. The van der Waals surface area contributed by atoms with Crippen LogP contribution >= 0.6 is 0 Å². The third-order valence-corrected chi connectivity index (χ3v) is 4.02. The largest absolute Gasteiger partial charge is 0.749 e. The van der Waals surface area contributed by atoms with E-state index < -0.39 is 26.8 Å². The van der Waals surface area contributed by atoms with Gasteiger partial charge in [0.1, 0.15) is 4.90 Å². The zero-order valence-corrected chi connectivity index (χ0v) is 10.5. The normalized spacial score (nSPS) is 15.0. The lowest BCUT2D eigenvalue weighted by Crippen LogP contribution is -2.35. The Morgan fingerprint density at radius 1 is 1.00 bits per heavy atom. The van der Waals surface area contributed by atoms with Gasteiger partial charge in [-0.1, -0.05) is 12.1 Å². The van der Waals surface area contributed by atoms with Gasteiger partial charge in [0, 0.05) is 21.9 Å². The lowest BCUT2D eigenvalue weighted by molar-refractivity contribution is 0.0680. The highest BCUT2D eigenvalue weighted by atomic mass is 32.2. The molecule has 1 N–H and O–H groups in total. The molecular formula is C12H6NO6S-. The molecule has 2 amide bonds. The average Bonchev–Trinajstić information content (AvgIpc) is 2.40. The molecule has 102 valence electrons. The zero-order chi connectivity index (χ0) is 14.7. The Bertz CT molecular complexity index is 864. The predicted octanol–water partition coefficient (Wildman–Crippen LogP) is 1.18. The number of hydroxylamine groups is 2. The molecule has 1 heterocycles. The Kier molecular flexibility index (Phi) is 2.45. The predicted molar refractivity (Wildman–Crippen MR) is 67.6 cm³/mol. The van der Waals surface area contributed by atoms with E-state index in [1.807, 2.05) is 0 Å². The lowest BCUT2D eigenvalue weighted by Gasteiger charge is -2.31. The van der Waals surface area contributed by atoms with Gasteiger partial charge in [-0.15, -0.1) is 0 Å². The molecule has 2 aromatic carbocycles. The van der Waals surface area contributed by atoms with E-state index in [4.69, 9.17) is 0 Å². The Hall–Kier alpha value is -2.29. The molecule has 0 spiro atoms. The van der Waals surface area contributed by atoms with Gasteiger partial charge in [0.2, 0.25) is 0 Å². The first-order valence-electron chi connectivity index (χ1n) is 5.41. The van der Waals surface area contributed by atoms with Crippen molar-refractivity contribution in [2.24, 2.45) is 0 Å². The summed E-state index contributed by atoms with van der Waals surface area (Å²) in [5, 5.41) is 11.3. The second kappa shape index (κ2) is 3.85. The number of rotatable bonds is 1. The number of amides is 2. The Morgan fingerprint density at radius 3 is 2.20 bits per heavy atom. The van der Waals surface area contributed by atoms with Crippen molar-refractivity contribution in [2.45, 2.75) is 4.90 Å². The molecule has 0 aliphatic carbocycles. The Balaban J connectivity index is 2.54. The fraction of sp³-hybridized carbons (Fsp3) is 0. The molecule has 2 aromatic rings. The molecule has 0 bridgehead atoms. The number of hydrogen-bond donors (Lipinski definition) is 1. The number of nitrogens with zero attached hydrogens (tertiary/aromatic N) is 1. The van der Waals surface area contributed by atoms with Gasteiger partial charge in [0.15, 0.2) is 0 Å². The summed E-state index contributed by atoms with van der Waals surface area (Å²) in [7, 11) is -4.51. The number of carbonyl (C=O) groups excluding carboxylic acids is 2. The van der Waals surface area contributed by atoms with E-state index in [1.54, 1.807) is 0 Å². The van der Waals surface area contributed by atoms with Crippen molar-refractivity contribution in [3.63, 3.8) is 0 Å². The number of imide groups is 1. The molecular weight excluding hydrogens is 286 g/mol. The number of hydrogen-bond acceptors (Lipinski definition) is 5. The quantitative estimate of drug-likeness (QED) is 0.623. The fourth-order valence-corrected chi connectivity index (χ4v) is 2.96. The highest BCUT2D eigenvalue weighted by molar-refractivity contribution is 7.86. The number of carbonyl (C=O) groups is 2. The van der Waals surface area contributed by atoms with Gasteiger partial charge < -0.3 is 10.3 Å². The Morgan fingerprint density at radius 2 is 1.60 bits per heavy atom. The van der Waals surface area contributed by atoms with Crippen LogP contribution in [0.1, 0.15) is 20.7 Å². The van der Waals surface area contributed by atoms with Crippen LogP contribution in [0.25, 0.3) is 10.8 Å². The third kappa shape index (κ3) is 1.56. The van der Waals surface area contributed by atoms with Crippen LogP contribution in [0.4, 0.5) is 0 Å². The molecule has 1 aliphatic heterocycles. The first kappa shape index (κ1) is 12.7. The molecule has 0 unspecified atom stereocenters. The minimum Gasteiger partial charge on any atom is -0.749 e. The van der Waals surface area contributed by atoms with Crippen molar-refractivity contribution in [1.82, 2.24) is 5.06 Å². The summed E-state index contributed by atoms with van der Waals surface area (Å²) in [5.41, 5.74) is -0.143. The standard InChI is InChI=1S/C12H6NO6S/c14-11-7-3-1-2-6-9(20(17,18)19)5-4-8(10(6)7)12(15)13(11)16/h1-5H,(H,17,18,19)/q-1. The summed E-state index contributed by atoms with van der Waals surface area (Å²) >= 11 is 0. The Labute approximate surface area is 112 Å². The first-order chi connectivity index (χ1) is 9.32. The van der Waals surface area contributed by atoms with Crippen molar-refractivity contribution >= 4 is 32.7 Å². The van der Waals surface area contributed by atoms with E-state index in [-0.39, 0.29) is 27.0 Å². The second-order valence-corrected chi connectivity index (χ2v) is 5.61. The van der Waals surface area contributed by atoms with Crippen molar-refractivity contribution in [2.75, 3.05) is 0 Å². The molecule has 3 rings (SSSR count). The topological polar surface area (TPSA) is 115 Å². The highest BCUT2D eigenvalue weighted by Crippen LogP contribution is 2.33. The van der Waals surface area contributed by atoms with Crippen LogP contribution in [-0.4, -0.2) is 29.8 Å². The van der Waals surface area contributed by atoms with Crippen LogP contribution in [0, 0.1) is 5.21 Å². The maximum absolute atomic E-state index is 11.8. The first-order valence-corrected chi connectivity index (χ1v) is 6.85. The fourth-order valence-electron chi connectivity index (χ4n) is 2.27. The molecule has 8 heteroatoms. The van der Waals surface area contributed by atoms with Gasteiger partial charge in [0.25, 0.3) is 21.9 Å². The number of benzene rings is 2. The van der Waals surface area contributed by atoms with Gasteiger partial charge in [-0.3, -0.25) is 14.1 Å². The summed E-state index contributed by atoms with van der Waals surface area (Å²) < 4.78 is 31.8. The zero-order valence-electron chi connectivity index (χ0n) is 9.73. The van der Waals surface area contributed by atoms with Gasteiger partial charge in [-0.05, 0) is 18.2 Å². The van der Waals surface area contributed by atoms with Crippen molar-refractivity contribution in [3.05, 3.63) is 46.7 Å². The lowest BCUT2D eigenvalue weighted by atomic mass is 9.95. The summed E-state index contributed by atoms with van der Waals surface area (Å²) in [6, 6.07) is 6.18. The minimum absolute atomic E-state index is 0.0253. The van der Waals surface area contributed by atoms with Crippen molar-refractivity contribution in [3.8, 4) is 0 Å².